The molecule has 3 atom stereocenters. The number of rotatable bonds is 6. The summed E-state index contributed by atoms with van der Waals surface area (Å²) < 4.78 is 39.0. The van der Waals surface area contributed by atoms with Gasteiger partial charge in [0.1, 0.15) is 0 Å². The first-order valence-corrected chi connectivity index (χ1v) is 9.32. The van der Waals surface area contributed by atoms with Crippen molar-refractivity contribution in [3.8, 4) is 0 Å². The second-order valence-corrected chi connectivity index (χ2v) is 7.53. The maximum atomic E-state index is 13.0. The molecule has 2 aliphatic rings. The first-order valence-electron chi connectivity index (χ1n) is 9.32. The van der Waals surface area contributed by atoms with Crippen molar-refractivity contribution >= 4 is 17.6 Å². The Morgan fingerprint density at radius 2 is 1.86 bits per heavy atom. The molecule has 2 fully saturated rings. The van der Waals surface area contributed by atoms with Crippen molar-refractivity contribution in [1.82, 2.24) is 10.2 Å². The number of halogens is 3. The molecular formula is C19H24F3N3O3. The number of carboxylic acid groups (broad SMARTS) is 1. The number of alkyl halides is 3. The zero-order valence-electron chi connectivity index (χ0n) is 15.4. The number of para-hydroxylation sites is 1. The van der Waals surface area contributed by atoms with Gasteiger partial charge >= 0.3 is 12.1 Å². The van der Waals surface area contributed by atoms with Gasteiger partial charge in [0.2, 0.25) is 5.91 Å². The molecule has 1 aromatic carbocycles. The number of nitrogens with zero attached hydrogens (tertiary/aromatic N) is 2. The highest BCUT2D eigenvalue weighted by atomic mass is 19.4. The minimum Gasteiger partial charge on any atom is -0.481 e. The molecule has 6 nitrogen and oxygen atoms in total. The van der Waals surface area contributed by atoms with E-state index in [-0.39, 0.29) is 24.9 Å². The van der Waals surface area contributed by atoms with Crippen molar-refractivity contribution in [2.24, 2.45) is 17.8 Å². The number of amides is 1. The largest absolute Gasteiger partial charge is 0.481 e. The Morgan fingerprint density at radius 1 is 1.14 bits per heavy atom. The van der Waals surface area contributed by atoms with Crippen LogP contribution in [-0.4, -0.2) is 67.3 Å². The van der Waals surface area contributed by atoms with Crippen molar-refractivity contribution in [2.75, 3.05) is 44.2 Å². The first kappa shape index (κ1) is 20.4. The Labute approximate surface area is 161 Å². The van der Waals surface area contributed by atoms with Crippen LogP contribution in [0.1, 0.15) is 6.42 Å². The Balaban J connectivity index is 1.44. The fraction of sp³-hybridized carbons (Fsp3) is 0.579. The molecule has 3 rings (SSSR count). The summed E-state index contributed by atoms with van der Waals surface area (Å²) in [6.45, 7) is 1.22. The fourth-order valence-electron chi connectivity index (χ4n) is 3.99. The van der Waals surface area contributed by atoms with Gasteiger partial charge in [0.25, 0.3) is 0 Å². The molecule has 28 heavy (non-hydrogen) atoms. The van der Waals surface area contributed by atoms with Crippen LogP contribution >= 0.6 is 0 Å². The average molecular weight is 399 g/mol. The van der Waals surface area contributed by atoms with Gasteiger partial charge in [0, 0.05) is 38.4 Å². The standard InChI is InChI=1S/C19H24F3N3O3/c20-19(21,22)16-11-24(10-15(16)18(27)28)12-17(26)23-8-13-6-7-25(9-13)14-4-2-1-3-5-14/h1-5,13,15-16H,6-12H2,(H,23,26)(H,27,28)/t13?,15-,16-/m1/s1. The summed E-state index contributed by atoms with van der Waals surface area (Å²) in [5.41, 5.74) is 1.13. The zero-order valence-corrected chi connectivity index (χ0v) is 15.4. The first-order chi connectivity index (χ1) is 13.2. The summed E-state index contributed by atoms with van der Waals surface area (Å²) in [6.07, 6.45) is -3.66. The van der Waals surface area contributed by atoms with Crippen LogP contribution in [0.15, 0.2) is 30.3 Å². The topological polar surface area (TPSA) is 72.9 Å². The predicted octanol–water partition coefficient (Wildman–Crippen LogP) is 1.82. The molecule has 0 spiro atoms. The van der Waals surface area contributed by atoms with Crippen LogP contribution in [0.2, 0.25) is 0 Å². The van der Waals surface area contributed by atoms with Crippen molar-refractivity contribution in [3.05, 3.63) is 30.3 Å². The van der Waals surface area contributed by atoms with Crippen LogP contribution in [0.4, 0.5) is 18.9 Å². The normalized spacial score (nSPS) is 25.8. The van der Waals surface area contributed by atoms with Crippen LogP contribution < -0.4 is 10.2 Å². The quantitative estimate of drug-likeness (QED) is 0.764. The van der Waals surface area contributed by atoms with E-state index in [2.05, 4.69) is 10.2 Å². The lowest BCUT2D eigenvalue weighted by Crippen LogP contribution is -2.39. The Hall–Kier alpha value is -2.29. The predicted molar refractivity (Wildman–Crippen MR) is 96.9 cm³/mol. The number of nitrogens with one attached hydrogen (secondary N) is 1. The maximum absolute atomic E-state index is 13.0. The number of hydrogen-bond donors (Lipinski definition) is 2. The number of benzene rings is 1. The maximum Gasteiger partial charge on any atom is 0.393 e. The number of carboxylic acids is 1. The molecule has 2 N–H and O–H groups in total. The number of likely N-dealkylation sites (tertiary alicyclic amines) is 1. The smallest absolute Gasteiger partial charge is 0.393 e. The van der Waals surface area contributed by atoms with E-state index in [0.29, 0.717) is 6.54 Å². The van der Waals surface area contributed by atoms with E-state index in [1.807, 2.05) is 30.3 Å². The molecule has 9 heteroatoms. The molecule has 2 heterocycles. The van der Waals surface area contributed by atoms with E-state index in [1.165, 1.54) is 4.90 Å². The molecule has 0 bridgehead atoms. The third kappa shape index (κ3) is 4.95. The molecule has 1 amide bonds. The van der Waals surface area contributed by atoms with Gasteiger partial charge in [-0.1, -0.05) is 18.2 Å². The summed E-state index contributed by atoms with van der Waals surface area (Å²) >= 11 is 0. The van der Waals surface area contributed by atoms with Gasteiger partial charge in [0.05, 0.1) is 18.4 Å². The van der Waals surface area contributed by atoms with Gasteiger partial charge in [-0.3, -0.25) is 14.5 Å². The average Bonchev–Trinajstić information content (AvgIpc) is 3.27. The number of carbonyl (C=O) groups excluding carboxylic acids is 1. The highest BCUT2D eigenvalue weighted by molar-refractivity contribution is 5.78. The lowest BCUT2D eigenvalue weighted by atomic mass is 9.96. The second kappa shape index (κ2) is 8.38. The zero-order chi connectivity index (χ0) is 20.3. The molecule has 154 valence electrons. The third-order valence-electron chi connectivity index (χ3n) is 5.50. The van der Waals surface area contributed by atoms with Gasteiger partial charge in [-0.15, -0.1) is 0 Å². The van der Waals surface area contributed by atoms with Crippen LogP contribution in [0, 0.1) is 17.8 Å². The van der Waals surface area contributed by atoms with Crippen LogP contribution in [0.3, 0.4) is 0 Å². The van der Waals surface area contributed by atoms with Gasteiger partial charge in [-0.05, 0) is 24.5 Å². The summed E-state index contributed by atoms with van der Waals surface area (Å²) in [5.74, 6) is -5.03. The number of hydrogen-bond acceptors (Lipinski definition) is 4. The van der Waals surface area contributed by atoms with E-state index >= 15 is 0 Å². The SMILES string of the molecule is O=C(CN1C[C@@H](C(F)(F)F)[C@H](C(=O)O)C1)NCC1CCN(c2ccccc2)C1. The minimum absolute atomic E-state index is 0.217. The van der Waals surface area contributed by atoms with E-state index in [0.717, 1.165) is 25.2 Å². The van der Waals surface area contributed by atoms with E-state index < -0.39 is 30.5 Å². The summed E-state index contributed by atoms with van der Waals surface area (Å²) in [7, 11) is 0. The summed E-state index contributed by atoms with van der Waals surface area (Å²) in [5, 5.41) is 11.8. The monoisotopic (exact) mass is 399 g/mol. The Bertz CT molecular complexity index is 699. The van der Waals surface area contributed by atoms with Crippen LogP contribution in [-0.2, 0) is 9.59 Å². The lowest BCUT2D eigenvalue weighted by Gasteiger charge is -2.19. The second-order valence-electron chi connectivity index (χ2n) is 7.53. The van der Waals surface area contributed by atoms with Crippen molar-refractivity contribution in [3.63, 3.8) is 0 Å². The fourth-order valence-corrected chi connectivity index (χ4v) is 3.99. The third-order valence-corrected chi connectivity index (χ3v) is 5.50. The van der Waals surface area contributed by atoms with E-state index in [1.54, 1.807) is 0 Å². The number of aliphatic carboxylic acids is 1. The lowest BCUT2D eigenvalue weighted by molar-refractivity contribution is -0.188. The molecule has 2 aliphatic heterocycles. The minimum atomic E-state index is -4.58. The highest BCUT2D eigenvalue weighted by Crippen LogP contribution is 2.37. The van der Waals surface area contributed by atoms with Gasteiger partial charge in [-0.25, -0.2) is 0 Å². The van der Waals surface area contributed by atoms with Gasteiger partial charge in [0.15, 0.2) is 0 Å². The van der Waals surface area contributed by atoms with Crippen molar-refractivity contribution in [1.29, 1.82) is 0 Å². The van der Waals surface area contributed by atoms with Gasteiger partial charge < -0.3 is 15.3 Å². The summed E-state index contributed by atoms with van der Waals surface area (Å²) in [6, 6.07) is 9.96. The highest BCUT2D eigenvalue weighted by Gasteiger charge is 2.52. The molecular weight excluding hydrogens is 375 g/mol. The number of carbonyl (C=O) groups is 2. The molecule has 2 saturated heterocycles. The molecule has 1 unspecified atom stereocenters. The Kier molecular flexibility index (Phi) is 6.12. The molecule has 1 aromatic rings. The molecule has 0 saturated carbocycles. The molecule has 0 radical (unpaired) electrons. The number of anilines is 1. The molecule has 0 aromatic heterocycles. The van der Waals surface area contributed by atoms with E-state index in [4.69, 9.17) is 5.11 Å². The van der Waals surface area contributed by atoms with E-state index in [9.17, 15) is 22.8 Å². The van der Waals surface area contributed by atoms with Crippen molar-refractivity contribution in [2.45, 2.75) is 12.6 Å². The summed E-state index contributed by atoms with van der Waals surface area (Å²) in [4.78, 5) is 26.8. The van der Waals surface area contributed by atoms with Crippen molar-refractivity contribution < 1.29 is 27.9 Å². The van der Waals surface area contributed by atoms with Crippen LogP contribution in [0.25, 0.3) is 0 Å². The van der Waals surface area contributed by atoms with Crippen LogP contribution in [0.5, 0.6) is 0 Å². The molecule has 0 aliphatic carbocycles. The Morgan fingerprint density at radius 3 is 2.46 bits per heavy atom. The van der Waals surface area contributed by atoms with Gasteiger partial charge in [-0.2, -0.15) is 13.2 Å².